The maximum absolute atomic E-state index is 11.0. The molecule has 1 aliphatic heterocycles. The molecule has 0 radical (unpaired) electrons. The van der Waals surface area contributed by atoms with Gasteiger partial charge in [0.15, 0.2) is 0 Å². The second kappa shape index (κ2) is 3.94. The van der Waals surface area contributed by atoms with Gasteiger partial charge in [-0.3, -0.25) is 4.90 Å². The monoisotopic (exact) mass is 206 g/mol. The number of rotatable bonds is 3. The topological polar surface area (TPSA) is 49.4 Å². The van der Waals surface area contributed by atoms with Gasteiger partial charge in [0.25, 0.3) is 0 Å². The first-order valence-electron chi connectivity index (χ1n) is 4.63. The highest BCUT2D eigenvalue weighted by molar-refractivity contribution is 7.88. The highest BCUT2D eigenvalue weighted by atomic mass is 32.2. The molecule has 0 amide bonds. The molecule has 13 heavy (non-hydrogen) atoms. The second-order valence-electron chi connectivity index (χ2n) is 3.76. The molecular weight excluding hydrogens is 188 g/mol. The van der Waals surface area contributed by atoms with Crippen LogP contribution in [0.3, 0.4) is 0 Å². The molecule has 1 rings (SSSR count). The van der Waals surface area contributed by atoms with Crippen LogP contribution in [0, 0.1) is 0 Å². The number of likely N-dealkylation sites (N-methyl/N-ethyl adjacent to an activating group) is 1. The van der Waals surface area contributed by atoms with Crippen molar-refractivity contribution < 1.29 is 8.42 Å². The van der Waals surface area contributed by atoms with E-state index in [9.17, 15) is 8.42 Å². The Morgan fingerprint density at radius 3 is 2.54 bits per heavy atom. The van der Waals surface area contributed by atoms with Gasteiger partial charge in [0.2, 0.25) is 10.0 Å². The van der Waals surface area contributed by atoms with Crippen LogP contribution >= 0.6 is 0 Å². The van der Waals surface area contributed by atoms with Crippen molar-refractivity contribution in [2.45, 2.75) is 32.4 Å². The van der Waals surface area contributed by atoms with Crippen molar-refractivity contribution in [1.82, 2.24) is 9.62 Å². The Hall–Kier alpha value is -0.130. The molecule has 0 aromatic rings. The molecule has 4 nitrogen and oxygen atoms in total. The summed E-state index contributed by atoms with van der Waals surface area (Å²) >= 11 is 0. The SMILES string of the molecule is CCN1CC(NS(C)(=O)=O)CC1C. The minimum Gasteiger partial charge on any atom is -0.299 e. The third kappa shape index (κ3) is 3.25. The first-order valence-corrected chi connectivity index (χ1v) is 6.53. The van der Waals surface area contributed by atoms with E-state index in [0.717, 1.165) is 19.5 Å². The number of nitrogens with zero attached hydrogens (tertiary/aromatic N) is 1. The Balaban J connectivity index is 2.49. The quantitative estimate of drug-likeness (QED) is 0.708. The molecule has 0 bridgehead atoms. The summed E-state index contributed by atoms with van der Waals surface area (Å²) in [5.41, 5.74) is 0. The Morgan fingerprint density at radius 2 is 2.15 bits per heavy atom. The zero-order chi connectivity index (χ0) is 10.1. The van der Waals surface area contributed by atoms with Crippen molar-refractivity contribution in [3.63, 3.8) is 0 Å². The van der Waals surface area contributed by atoms with E-state index in [1.54, 1.807) is 0 Å². The Bertz CT molecular complexity index is 263. The van der Waals surface area contributed by atoms with Gasteiger partial charge in [-0.15, -0.1) is 0 Å². The molecule has 5 heteroatoms. The Labute approximate surface area is 80.4 Å². The lowest BCUT2D eigenvalue weighted by atomic mass is 10.2. The summed E-state index contributed by atoms with van der Waals surface area (Å²) in [5, 5.41) is 0. The van der Waals surface area contributed by atoms with E-state index in [-0.39, 0.29) is 6.04 Å². The van der Waals surface area contributed by atoms with Gasteiger partial charge in [-0.05, 0) is 19.9 Å². The number of sulfonamides is 1. The third-order valence-corrected chi connectivity index (χ3v) is 3.25. The van der Waals surface area contributed by atoms with Gasteiger partial charge in [-0.25, -0.2) is 13.1 Å². The average molecular weight is 206 g/mol. The van der Waals surface area contributed by atoms with E-state index in [4.69, 9.17) is 0 Å². The van der Waals surface area contributed by atoms with E-state index >= 15 is 0 Å². The molecule has 1 saturated heterocycles. The van der Waals surface area contributed by atoms with Gasteiger partial charge in [0, 0.05) is 18.6 Å². The van der Waals surface area contributed by atoms with Crippen LogP contribution in [0.1, 0.15) is 20.3 Å². The summed E-state index contributed by atoms with van der Waals surface area (Å²) < 4.78 is 24.6. The molecule has 2 unspecified atom stereocenters. The molecule has 1 fully saturated rings. The van der Waals surface area contributed by atoms with E-state index < -0.39 is 10.0 Å². The molecule has 1 heterocycles. The first kappa shape index (κ1) is 10.9. The fourth-order valence-corrected chi connectivity index (χ4v) is 2.70. The highest BCUT2D eigenvalue weighted by Gasteiger charge is 2.29. The average Bonchev–Trinajstić information content (AvgIpc) is 2.26. The zero-order valence-corrected chi connectivity index (χ0v) is 9.26. The standard InChI is InChI=1S/C8H18N2O2S/c1-4-10-6-8(5-7(10)2)9-13(3,11)12/h7-9H,4-6H2,1-3H3. The van der Waals surface area contributed by atoms with Crippen molar-refractivity contribution in [3.05, 3.63) is 0 Å². The molecule has 1 N–H and O–H groups in total. The van der Waals surface area contributed by atoms with Crippen molar-refractivity contribution in [2.24, 2.45) is 0 Å². The lowest BCUT2D eigenvalue weighted by molar-refractivity contribution is 0.281. The van der Waals surface area contributed by atoms with Crippen molar-refractivity contribution in [2.75, 3.05) is 19.3 Å². The Kier molecular flexibility index (Phi) is 3.32. The van der Waals surface area contributed by atoms with Gasteiger partial charge < -0.3 is 0 Å². The van der Waals surface area contributed by atoms with E-state index in [2.05, 4.69) is 23.5 Å². The predicted octanol–water partition coefficient (Wildman–Crippen LogP) is 0.0183. The summed E-state index contributed by atoms with van der Waals surface area (Å²) in [6, 6.07) is 0.592. The summed E-state index contributed by atoms with van der Waals surface area (Å²) in [6.45, 7) is 6.06. The predicted molar refractivity (Wildman–Crippen MR) is 53.1 cm³/mol. The van der Waals surface area contributed by atoms with Crippen LogP contribution < -0.4 is 4.72 Å². The van der Waals surface area contributed by atoms with Crippen LogP contribution in [0.25, 0.3) is 0 Å². The van der Waals surface area contributed by atoms with E-state index in [1.807, 2.05) is 0 Å². The summed E-state index contributed by atoms with van der Waals surface area (Å²) in [7, 11) is -3.04. The normalized spacial score (nSPS) is 31.0. The van der Waals surface area contributed by atoms with Crippen LogP contribution in [0.4, 0.5) is 0 Å². The van der Waals surface area contributed by atoms with Gasteiger partial charge in [-0.2, -0.15) is 0 Å². The van der Waals surface area contributed by atoms with Crippen LogP contribution in [0.15, 0.2) is 0 Å². The van der Waals surface area contributed by atoms with Gasteiger partial charge >= 0.3 is 0 Å². The van der Waals surface area contributed by atoms with E-state index in [1.165, 1.54) is 6.26 Å². The van der Waals surface area contributed by atoms with Gasteiger partial charge in [-0.1, -0.05) is 6.92 Å². The summed E-state index contributed by atoms with van der Waals surface area (Å²) in [6.07, 6.45) is 2.13. The number of nitrogens with one attached hydrogen (secondary N) is 1. The minimum atomic E-state index is -3.04. The zero-order valence-electron chi connectivity index (χ0n) is 8.45. The molecule has 0 saturated carbocycles. The maximum atomic E-state index is 11.0. The lowest BCUT2D eigenvalue weighted by Crippen LogP contribution is -2.36. The van der Waals surface area contributed by atoms with Gasteiger partial charge in [0.1, 0.15) is 0 Å². The number of likely N-dealkylation sites (tertiary alicyclic amines) is 1. The molecule has 0 aromatic carbocycles. The molecule has 2 atom stereocenters. The minimum absolute atomic E-state index is 0.102. The molecular formula is C8H18N2O2S. The molecule has 78 valence electrons. The summed E-state index contributed by atoms with van der Waals surface area (Å²) in [4.78, 5) is 2.28. The first-order chi connectivity index (χ1) is 5.92. The smallest absolute Gasteiger partial charge is 0.208 e. The Morgan fingerprint density at radius 1 is 1.54 bits per heavy atom. The fourth-order valence-electron chi connectivity index (χ4n) is 1.93. The molecule has 0 spiro atoms. The van der Waals surface area contributed by atoms with Gasteiger partial charge in [0.05, 0.1) is 6.26 Å². The largest absolute Gasteiger partial charge is 0.299 e. The highest BCUT2D eigenvalue weighted by Crippen LogP contribution is 2.16. The number of hydrogen-bond donors (Lipinski definition) is 1. The third-order valence-electron chi connectivity index (χ3n) is 2.49. The van der Waals surface area contributed by atoms with Crippen LogP contribution in [0.5, 0.6) is 0 Å². The summed E-state index contributed by atoms with van der Waals surface area (Å²) in [5.74, 6) is 0. The van der Waals surface area contributed by atoms with E-state index in [0.29, 0.717) is 6.04 Å². The van der Waals surface area contributed by atoms with Crippen LogP contribution in [-0.4, -0.2) is 44.7 Å². The fraction of sp³-hybridized carbons (Fsp3) is 1.00. The van der Waals surface area contributed by atoms with Crippen molar-refractivity contribution >= 4 is 10.0 Å². The van der Waals surface area contributed by atoms with Crippen LogP contribution in [-0.2, 0) is 10.0 Å². The van der Waals surface area contributed by atoms with Crippen molar-refractivity contribution in [1.29, 1.82) is 0 Å². The molecule has 0 aromatic heterocycles. The molecule has 0 aliphatic carbocycles. The number of hydrogen-bond acceptors (Lipinski definition) is 3. The van der Waals surface area contributed by atoms with Crippen molar-refractivity contribution in [3.8, 4) is 0 Å². The second-order valence-corrected chi connectivity index (χ2v) is 5.54. The maximum Gasteiger partial charge on any atom is 0.208 e. The lowest BCUT2D eigenvalue weighted by Gasteiger charge is -2.17. The van der Waals surface area contributed by atoms with Crippen LogP contribution in [0.2, 0.25) is 0 Å². The molecule has 1 aliphatic rings.